The highest BCUT2D eigenvalue weighted by Gasteiger charge is 2.13. The number of rotatable bonds is 6. The molecule has 0 bridgehead atoms. The lowest BCUT2D eigenvalue weighted by Crippen LogP contribution is -2.34. The van der Waals surface area contributed by atoms with Crippen molar-refractivity contribution >= 4 is 27.5 Å². The first-order valence-electron chi connectivity index (χ1n) is 6.07. The van der Waals surface area contributed by atoms with Gasteiger partial charge in [-0.3, -0.25) is 4.79 Å². The van der Waals surface area contributed by atoms with E-state index in [4.69, 9.17) is 16.0 Å². The van der Waals surface area contributed by atoms with E-state index in [1.54, 1.807) is 18.2 Å². The van der Waals surface area contributed by atoms with E-state index >= 15 is 0 Å². The molecule has 8 heteroatoms. The second-order valence-electron chi connectivity index (χ2n) is 4.07. The summed E-state index contributed by atoms with van der Waals surface area (Å²) in [5.41, 5.74) is 0. The van der Waals surface area contributed by atoms with E-state index in [1.165, 1.54) is 24.3 Å². The van der Waals surface area contributed by atoms with E-state index < -0.39 is 15.9 Å². The summed E-state index contributed by atoms with van der Waals surface area (Å²) in [5, 5.41) is 2.63. The first-order valence-corrected chi connectivity index (χ1v) is 7.93. The predicted molar refractivity (Wildman–Crippen MR) is 77.7 cm³/mol. The molecular formula is C13H13ClN2O4S. The molecule has 0 saturated heterocycles. The molecule has 112 valence electrons. The van der Waals surface area contributed by atoms with Crippen LogP contribution in [0.2, 0.25) is 5.22 Å². The Balaban J connectivity index is 1.81. The molecule has 0 radical (unpaired) electrons. The van der Waals surface area contributed by atoms with E-state index in [1.807, 2.05) is 0 Å². The van der Waals surface area contributed by atoms with Crippen LogP contribution in [0.5, 0.6) is 0 Å². The summed E-state index contributed by atoms with van der Waals surface area (Å²) in [4.78, 5) is 11.8. The fourth-order valence-electron chi connectivity index (χ4n) is 1.57. The number of hydrogen-bond donors (Lipinski definition) is 2. The minimum absolute atomic E-state index is 0.0669. The fraction of sp³-hybridized carbons (Fsp3) is 0.154. The van der Waals surface area contributed by atoms with E-state index in [0.717, 1.165) is 0 Å². The van der Waals surface area contributed by atoms with Gasteiger partial charge in [-0.1, -0.05) is 18.2 Å². The van der Waals surface area contributed by atoms with Crippen molar-refractivity contribution in [2.75, 3.05) is 13.1 Å². The number of furan rings is 1. The van der Waals surface area contributed by atoms with Gasteiger partial charge in [0.15, 0.2) is 11.0 Å². The van der Waals surface area contributed by atoms with Gasteiger partial charge < -0.3 is 9.73 Å². The zero-order chi connectivity index (χ0) is 15.3. The molecule has 0 spiro atoms. The summed E-state index contributed by atoms with van der Waals surface area (Å²) in [6.45, 7) is 0.195. The summed E-state index contributed by atoms with van der Waals surface area (Å²) in [7, 11) is -3.56. The van der Waals surface area contributed by atoms with E-state index in [0.29, 0.717) is 0 Å². The number of amides is 1. The zero-order valence-corrected chi connectivity index (χ0v) is 12.4. The largest absolute Gasteiger partial charge is 0.440 e. The molecule has 0 unspecified atom stereocenters. The molecule has 2 N–H and O–H groups in total. The molecule has 0 aliphatic carbocycles. The van der Waals surface area contributed by atoms with E-state index in [-0.39, 0.29) is 29.0 Å². The smallest absolute Gasteiger partial charge is 0.287 e. The van der Waals surface area contributed by atoms with Crippen molar-refractivity contribution in [3.05, 3.63) is 53.4 Å². The Hall–Kier alpha value is -1.83. The summed E-state index contributed by atoms with van der Waals surface area (Å²) in [6, 6.07) is 10.9. The highest BCUT2D eigenvalue weighted by Crippen LogP contribution is 2.12. The summed E-state index contributed by atoms with van der Waals surface area (Å²) in [6.07, 6.45) is 0. The fourth-order valence-corrected chi connectivity index (χ4v) is 2.77. The monoisotopic (exact) mass is 328 g/mol. The van der Waals surface area contributed by atoms with Crippen molar-refractivity contribution < 1.29 is 17.6 Å². The van der Waals surface area contributed by atoms with Crippen LogP contribution in [0.15, 0.2) is 51.8 Å². The predicted octanol–water partition coefficient (Wildman–Crippen LogP) is 1.64. The topological polar surface area (TPSA) is 88.4 Å². The Bertz CT molecular complexity index is 713. The maximum atomic E-state index is 11.9. The summed E-state index contributed by atoms with van der Waals surface area (Å²) < 4.78 is 31.1. The van der Waals surface area contributed by atoms with Gasteiger partial charge in [0, 0.05) is 13.1 Å². The second kappa shape index (κ2) is 6.75. The molecule has 2 rings (SSSR count). The van der Waals surface area contributed by atoms with Crippen molar-refractivity contribution in [1.82, 2.24) is 10.0 Å². The quantitative estimate of drug-likeness (QED) is 0.789. The SMILES string of the molecule is O=C(NCCNS(=O)(=O)c1ccccc1)c1ccc(Cl)o1. The molecule has 21 heavy (non-hydrogen) atoms. The number of halogens is 1. The number of hydrogen-bond acceptors (Lipinski definition) is 4. The average Bonchev–Trinajstić information content (AvgIpc) is 2.91. The van der Waals surface area contributed by atoms with Gasteiger partial charge >= 0.3 is 0 Å². The standard InChI is InChI=1S/C13H13ClN2O4S/c14-12-7-6-11(20-12)13(17)15-8-9-16-21(18,19)10-4-2-1-3-5-10/h1-7,16H,8-9H2,(H,15,17). The molecule has 2 aromatic rings. The third-order valence-corrected chi connectivity index (χ3v) is 4.23. The van der Waals surface area contributed by atoms with Gasteiger partial charge in [0.25, 0.3) is 5.91 Å². The molecule has 1 aromatic heterocycles. The highest BCUT2D eigenvalue weighted by atomic mass is 35.5. The zero-order valence-electron chi connectivity index (χ0n) is 10.9. The van der Waals surface area contributed by atoms with Gasteiger partial charge in [-0.2, -0.15) is 0 Å². The average molecular weight is 329 g/mol. The normalized spacial score (nSPS) is 11.3. The van der Waals surface area contributed by atoms with Crippen LogP contribution < -0.4 is 10.0 Å². The summed E-state index contributed by atoms with van der Waals surface area (Å²) in [5.74, 6) is -0.383. The van der Waals surface area contributed by atoms with Crippen LogP contribution in [0.3, 0.4) is 0 Å². The lowest BCUT2D eigenvalue weighted by atomic mass is 10.4. The second-order valence-corrected chi connectivity index (χ2v) is 6.21. The van der Waals surface area contributed by atoms with Crippen molar-refractivity contribution in [1.29, 1.82) is 0 Å². The van der Waals surface area contributed by atoms with Crippen LogP contribution in [0.25, 0.3) is 0 Å². The van der Waals surface area contributed by atoms with Gasteiger partial charge in [0.1, 0.15) is 0 Å². The Morgan fingerprint density at radius 3 is 2.43 bits per heavy atom. The molecule has 1 heterocycles. The molecule has 6 nitrogen and oxygen atoms in total. The molecule has 0 saturated carbocycles. The first-order chi connectivity index (χ1) is 9.99. The minimum Gasteiger partial charge on any atom is -0.440 e. The Morgan fingerprint density at radius 2 is 1.81 bits per heavy atom. The molecule has 0 aliphatic heterocycles. The number of sulfonamides is 1. The molecule has 1 amide bonds. The van der Waals surface area contributed by atoms with Crippen molar-refractivity contribution in [2.45, 2.75) is 4.90 Å². The van der Waals surface area contributed by atoms with Crippen molar-refractivity contribution in [3.8, 4) is 0 Å². The van der Waals surface area contributed by atoms with Crippen LogP contribution in [0.4, 0.5) is 0 Å². The molecule has 0 fully saturated rings. The molecular weight excluding hydrogens is 316 g/mol. The molecule has 0 aliphatic rings. The maximum Gasteiger partial charge on any atom is 0.287 e. The lowest BCUT2D eigenvalue weighted by Gasteiger charge is -2.07. The third kappa shape index (κ3) is 4.32. The van der Waals surface area contributed by atoms with Crippen LogP contribution >= 0.6 is 11.6 Å². The Labute approximate surface area is 127 Å². The highest BCUT2D eigenvalue weighted by molar-refractivity contribution is 7.89. The number of nitrogens with one attached hydrogen (secondary N) is 2. The Morgan fingerprint density at radius 1 is 1.10 bits per heavy atom. The van der Waals surface area contributed by atoms with E-state index in [2.05, 4.69) is 10.0 Å². The maximum absolute atomic E-state index is 11.9. The number of carbonyl (C=O) groups is 1. The van der Waals surface area contributed by atoms with Crippen LogP contribution in [0.1, 0.15) is 10.6 Å². The number of carbonyl (C=O) groups excluding carboxylic acids is 1. The number of benzene rings is 1. The lowest BCUT2D eigenvalue weighted by molar-refractivity contribution is 0.0927. The molecule has 0 atom stereocenters. The molecule has 1 aromatic carbocycles. The van der Waals surface area contributed by atoms with Crippen LogP contribution in [0, 0.1) is 0 Å². The van der Waals surface area contributed by atoms with Crippen LogP contribution in [-0.4, -0.2) is 27.4 Å². The van der Waals surface area contributed by atoms with Gasteiger partial charge in [-0.25, -0.2) is 13.1 Å². The van der Waals surface area contributed by atoms with Gasteiger partial charge in [0.2, 0.25) is 10.0 Å². The third-order valence-electron chi connectivity index (χ3n) is 2.55. The Kier molecular flexibility index (Phi) is 5.00. The first kappa shape index (κ1) is 15.6. The van der Waals surface area contributed by atoms with E-state index in [9.17, 15) is 13.2 Å². The van der Waals surface area contributed by atoms with Gasteiger partial charge in [-0.05, 0) is 35.9 Å². The van der Waals surface area contributed by atoms with Crippen molar-refractivity contribution in [2.24, 2.45) is 0 Å². The summed E-state index contributed by atoms with van der Waals surface area (Å²) >= 11 is 5.56. The van der Waals surface area contributed by atoms with Crippen LogP contribution in [-0.2, 0) is 10.0 Å². The van der Waals surface area contributed by atoms with Crippen molar-refractivity contribution in [3.63, 3.8) is 0 Å². The minimum atomic E-state index is -3.56. The van der Waals surface area contributed by atoms with Gasteiger partial charge in [-0.15, -0.1) is 0 Å². The van der Waals surface area contributed by atoms with Gasteiger partial charge in [0.05, 0.1) is 4.90 Å².